The largest absolute Gasteiger partial charge is 0.524 e. The van der Waals surface area contributed by atoms with Crippen LogP contribution >= 0.6 is 16.2 Å². The lowest BCUT2D eigenvalue weighted by Crippen LogP contribution is -2.29. The van der Waals surface area contributed by atoms with Crippen LogP contribution in [0.4, 0.5) is 0 Å². The third-order valence-corrected chi connectivity index (χ3v) is 5.03. The van der Waals surface area contributed by atoms with Gasteiger partial charge in [0.05, 0.1) is 25.7 Å². The highest BCUT2D eigenvalue weighted by Crippen LogP contribution is 2.45. The highest BCUT2D eigenvalue weighted by Gasteiger charge is 2.34. The molecule has 0 unspecified atom stereocenters. The summed E-state index contributed by atoms with van der Waals surface area (Å²) < 4.78 is 21.7. The lowest BCUT2D eigenvalue weighted by molar-refractivity contribution is -0.146. The summed E-state index contributed by atoms with van der Waals surface area (Å²) in [6.45, 7) is 9.06. The molecule has 1 amide bonds. The maximum absolute atomic E-state index is 12.4. The number of nitrogens with one attached hydrogen (secondary N) is 1. The maximum atomic E-state index is 12.4. The van der Waals surface area contributed by atoms with Crippen LogP contribution in [0.15, 0.2) is 12.1 Å². The Kier molecular flexibility index (Phi) is 10.1. The van der Waals surface area contributed by atoms with Crippen molar-refractivity contribution in [3.63, 3.8) is 0 Å². The Morgan fingerprint density at radius 1 is 1.23 bits per heavy atom. The third kappa shape index (κ3) is 10.1. The van der Waals surface area contributed by atoms with Gasteiger partial charge in [-0.3, -0.25) is 19.4 Å². The number of phosphoric acid groups is 1. The molecule has 31 heavy (non-hydrogen) atoms. The summed E-state index contributed by atoms with van der Waals surface area (Å²) in [6.07, 6.45) is -0.651. The molecule has 0 aliphatic carbocycles. The molecular weight excluding hydrogens is 448 g/mol. The average molecular weight is 479 g/mol. The molecule has 0 aliphatic rings. The molecule has 0 saturated carbocycles. The van der Waals surface area contributed by atoms with Crippen molar-refractivity contribution < 1.29 is 43.0 Å². The van der Waals surface area contributed by atoms with Crippen molar-refractivity contribution in [1.29, 1.82) is 0 Å². The van der Waals surface area contributed by atoms with Gasteiger partial charge in [0.25, 0.3) is 0 Å². The molecule has 0 spiro atoms. The molecule has 0 aromatic heterocycles. The van der Waals surface area contributed by atoms with E-state index >= 15 is 0 Å². The summed E-state index contributed by atoms with van der Waals surface area (Å²) in [5.74, 6) is -1.02. The first kappa shape index (κ1) is 27.5. The summed E-state index contributed by atoms with van der Waals surface area (Å²) in [7, 11) is -7.24. The van der Waals surface area contributed by atoms with Crippen LogP contribution in [0.3, 0.4) is 0 Å². The quantitative estimate of drug-likeness (QED) is 0.237. The minimum Gasteiger partial charge on any atom is -0.465 e. The molecule has 0 atom stereocenters. The van der Waals surface area contributed by atoms with Gasteiger partial charge in [-0.15, -0.1) is 0 Å². The minimum absolute atomic E-state index is 0.118. The molecule has 1 aromatic carbocycles. The smallest absolute Gasteiger partial charge is 0.465 e. The molecule has 176 valence electrons. The number of ether oxygens (including phenoxy) is 1. The highest BCUT2D eigenvalue weighted by atomic mass is 31.2. The molecule has 0 aliphatic heterocycles. The number of carbonyl (C=O) groups excluding carboxylic acids is 2. The van der Waals surface area contributed by atoms with Crippen LogP contribution in [0.2, 0.25) is 0 Å². The summed E-state index contributed by atoms with van der Waals surface area (Å²) in [5, 5.41) is 2.37. The number of esters is 1. The molecule has 1 aromatic rings. The Morgan fingerprint density at radius 2 is 1.84 bits per heavy atom. The van der Waals surface area contributed by atoms with Crippen molar-refractivity contribution in [2.75, 3.05) is 12.9 Å². The monoisotopic (exact) mass is 479 g/mol. The summed E-state index contributed by atoms with van der Waals surface area (Å²) >= 11 is 0. The van der Waals surface area contributed by atoms with Crippen molar-refractivity contribution in [1.82, 2.24) is 5.32 Å². The molecule has 1 rings (SSSR count). The average Bonchev–Trinajstić information content (AvgIpc) is 2.55. The first-order valence-corrected chi connectivity index (χ1v) is 12.5. The van der Waals surface area contributed by atoms with Crippen molar-refractivity contribution >= 4 is 28.1 Å². The summed E-state index contributed by atoms with van der Waals surface area (Å²) in [4.78, 5) is 61.4. The molecule has 0 saturated heterocycles. The number of benzene rings is 1. The second-order valence-electron chi connectivity index (χ2n) is 8.32. The fraction of sp³-hybridized carbons (Fsp3) is 0.579. The third-order valence-electron chi connectivity index (χ3n) is 4.15. The van der Waals surface area contributed by atoms with E-state index in [1.165, 1.54) is 6.07 Å². The van der Waals surface area contributed by atoms with E-state index in [2.05, 4.69) is 5.32 Å². The number of aryl methyl sites for hydroxylation is 1. The van der Waals surface area contributed by atoms with Gasteiger partial charge in [0, 0.05) is 11.0 Å². The van der Waals surface area contributed by atoms with E-state index in [1.54, 1.807) is 26.8 Å². The standard InChI is InChI=1S/C19H31NO9P2/c1-12(2)10-28-17(22)9-19(4,5)18-14(8-16(21)20-11-30(23)24)6-13(3)7-15(18)29-31(25,26)27/h6-7,12,23-24H,8-11H2,1-5H3,(H,20,21)(H2,25,26,27). The number of phosphoric ester groups is 1. The van der Waals surface area contributed by atoms with Gasteiger partial charge in [0.1, 0.15) is 5.75 Å². The maximum Gasteiger partial charge on any atom is 0.524 e. The van der Waals surface area contributed by atoms with Crippen LogP contribution in [0, 0.1) is 12.8 Å². The highest BCUT2D eigenvalue weighted by molar-refractivity contribution is 7.46. The first-order valence-electron chi connectivity index (χ1n) is 9.57. The number of carbonyl (C=O) groups is 2. The summed E-state index contributed by atoms with van der Waals surface area (Å²) in [6, 6.07) is 3.08. The number of amides is 1. The normalized spacial score (nSPS) is 12.2. The predicted molar refractivity (Wildman–Crippen MR) is 115 cm³/mol. The van der Waals surface area contributed by atoms with E-state index in [9.17, 15) is 23.9 Å². The number of rotatable bonds is 11. The topological polar surface area (TPSA) is 163 Å². The molecule has 0 bridgehead atoms. The second kappa shape index (κ2) is 11.4. The van der Waals surface area contributed by atoms with Crippen LogP contribution in [0.5, 0.6) is 5.75 Å². The van der Waals surface area contributed by atoms with E-state index in [-0.39, 0.29) is 43.0 Å². The SMILES string of the molecule is Cc1cc(CC(=O)NCP(O)O)c(C(C)(C)CC(=O)OCC(C)C)c(OP(=O)(O)O)c1. The molecular formula is C19H31NO9P2. The van der Waals surface area contributed by atoms with Gasteiger partial charge in [-0.2, -0.15) is 0 Å². The summed E-state index contributed by atoms with van der Waals surface area (Å²) in [5.41, 5.74) is 0.263. The van der Waals surface area contributed by atoms with Crippen molar-refractivity contribution in [3.05, 3.63) is 28.8 Å². The molecule has 12 heteroatoms. The van der Waals surface area contributed by atoms with E-state index in [1.807, 2.05) is 13.8 Å². The van der Waals surface area contributed by atoms with E-state index in [4.69, 9.17) is 19.0 Å². The van der Waals surface area contributed by atoms with Gasteiger partial charge < -0.3 is 24.4 Å². The molecule has 5 N–H and O–H groups in total. The fourth-order valence-corrected chi connectivity index (χ4v) is 3.81. The molecule has 0 heterocycles. The Bertz CT molecular complexity index is 834. The lowest BCUT2D eigenvalue weighted by Gasteiger charge is -2.30. The molecule has 0 fully saturated rings. The van der Waals surface area contributed by atoms with Crippen molar-refractivity contribution in [2.45, 2.75) is 52.9 Å². The van der Waals surface area contributed by atoms with Gasteiger partial charge in [-0.25, -0.2) is 4.57 Å². The zero-order chi connectivity index (χ0) is 24.0. The van der Waals surface area contributed by atoms with E-state index < -0.39 is 33.5 Å². The fourth-order valence-electron chi connectivity index (χ4n) is 3.09. The van der Waals surface area contributed by atoms with Gasteiger partial charge in [0.15, 0.2) is 8.38 Å². The Morgan fingerprint density at radius 3 is 2.35 bits per heavy atom. The van der Waals surface area contributed by atoms with Gasteiger partial charge in [-0.05, 0) is 30.0 Å². The van der Waals surface area contributed by atoms with E-state index in [0.29, 0.717) is 11.1 Å². The number of hydrogen-bond acceptors (Lipinski definition) is 7. The van der Waals surface area contributed by atoms with Crippen LogP contribution in [-0.4, -0.2) is 44.3 Å². The molecule has 10 nitrogen and oxygen atoms in total. The number of hydrogen-bond donors (Lipinski definition) is 5. The van der Waals surface area contributed by atoms with Crippen LogP contribution in [0.25, 0.3) is 0 Å². The van der Waals surface area contributed by atoms with Crippen LogP contribution in [-0.2, 0) is 30.7 Å². The Labute approximate surface area is 183 Å². The predicted octanol–water partition coefficient (Wildman–Crippen LogP) is 2.25. The molecule has 0 radical (unpaired) electrons. The van der Waals surface area contributed by atoms with Crippen molar-refractivity contribution in [3.8, 4) is 5.75 Å². The van der Waals surface area contributed by atoms with Crippen LogP contribution < -0.4 is 9.84 Å². The van der Waals surface area contributed by atoms with Crippen molar-refractivity contribution in [2.24, 2.45) is 5.92 Å². The zero-order valence-corrected chi connectivity index (χ0v) is 20.1. The first-order chi connectivity index (χ1) is 14.1. The van der Waals surface area contributed by atoms with Gasteiger partial charge in [0.2, 0.25) is 5.91 Å². The Hall–Kier alpha value is -1.54. The second-order valence-corrected chi connectivity index (χ2v) is 10.5. The zero-order valence-electron chi connectivity index (χ0n) is 18.3. The van der Waals surface area contributed by atoms with E-state index in [0.717, 1.165) is 0 Å². The minimum atomic E-state index is -4.92. The van der Waals surface area contributed by atoms with Gasteiger partial charge >= 0.3 is 13.8 Å². The van der Waals surface area contributed by atoms with Gasteiger partial charge in [-0.1, -0.05) is 33.8 Å². The lowest BCUT2D eigenvalue weighted by atomic mass is 9.77. The Balaban J connectivity index is 3.37. The van der Waals surface area contributed by atoms with Crippen LogP contribution in [0.1, 0.15) is 50.8 Å².